The van der Waals surface area contributed by atoms with Gasteiger partial charge in [0, 0.05) is 18.2 Å². The molecule has 2 fully saturated rings. The van der Waals surface area contributed by atoms with Crippen molar-refractivity contribution in [3.05, 3.63) is 17.7 Å². The Kier molecular flexibility index (Phi) is 1.81. The maximum Gasteiger partial charge on any atom is 0.274 e. The Hall–Kier alpha value is -1.39. The van der Waals surface area contributed by atoms with Crippen LogP contribution in [0.15, 0.2) is 6.07 Å². The molecule has 5 heteroatoms. The predicted molar refractivity (Wildman–Crippen MR) is 50.8 cm³/mol. The smallest absolute Gasteiger partial charge is 0.274 e. The number of H-pyrrole nitrogens is 1. The maximum absolute atomic E-state index is 12.7. The number of rotatable bonds is 3. The molecular formula is C10H12FN3O. The normalized spacial score (nSPS) is 20.3. The molecule has 2 aliphatic carbocycles. The van der Waals surface area contributed by atoms with Crippen LogP contribution in [-0.4, -0.2) is 33.1 Å². The first-order valence-corrected chi connectivity index (χ1v) is 5.29. The first-order valence-electron chi connectivity index (χ1n) is 5.29. The molecule has 3 rings (SSSR count). The lowest BCUT2D eigenvalue weighted by Gasteiger charge is -2.20. The highest BCUT2D eigenvalue weighted by atomic mass is 19.1. The molecule has 1 aromatic rings. The van der Waals surface area contributed by atoms with Crippen molar-refractivity contribution in [3.63, 3.8) is 0 Å². The van der Waals surface area contributed by atoms with Gasteiger partial charge in [0.25, 0.3) is 5.91 Å². The Bertz CT molecular complexity index is 383. The number of aromatic amines is 1. The van der Waals surface area contributed by atoms with Crippen LogP contribution in [0.4, 0.5) is 4.39 Å². The summed E-state index contributed by atoms with van der Waals surface area (Å²) in [5.74, 6) is -0.676. The van der Waals surface area contributed by atoms with Gasteiger partial charge in [0.05, 0.1) is 0 Å². The molecule has 0 saturated heterocycles. The van der Waals surface area contributed by atoms with Gasteiger partial charge in [-0.2, -0.15) is 9.49 Å². The topological polar surface area (TPSA) is 49.0 Å². The van der Waals surface area contributed by atoms with Gasteiger partial charge in [0.2, 0.25) is 5.95 Å². The molecule has 0 bridgehead atoms. The summed E-state index contributed by atoms with van der Waals surface area (Å²) in [6.07, 6.45) is 4.31. The molecule has 1 heterocycles. The largest absolute Gasteiger partial charge is 0.331 e. The summed E-state index contributed by atoms with van der Waals surface area (Å²) in [5.41, 5.74) is 0.200. The second-order valence-electron chi connectivity index (χ2n) is 4.28. The molecule has 2 aliphatic rings. The SMILES string of the molecule is O=C(c1cc(F)[nH]n1)N(C1CC1)C1CC1. The number of nitrogens with zero attached hydrogens (tertiary/aromatic N) is 2. The van der Waals surface area contributed by atoms with E-state index >= 15 is 0 Å². The average molecular weight is 209 g/mol. The highest BCUT2D eigenvalue weighted by Gasteiger charge is 2.42. The fourth-order valence-electron chi connectivity index (χ4n) is 1.88. The standard InChI is InChI=1S/C10H12FN3O/c11-9-5-8(12-13-9)10(15)14(6-1-2-6)7-3-4-7/h5-7H,1-4H2,(H,12,13). The lowest BCUT2D eigenvalue weighted by Crippen LogP contribution is -2.35. The summed E-state index contributed by atoms with van der Waals surface area (Å²) >= 11 is 0. The van der Waals surface area contributed by atoms with Crippen molar-refractivity contribution < 1.29 is 9.18 Å². The molecule has 15 heavy (non-hydrogen) atoms. The van der Waals surface area contributed by atoms with E-state index in [2.05, 4.69) is 10.2 Å². The Morgan fingerprint density at radius 3 is 2.40 bits per heavy atom. The van der Waals surface area contributed by atoms with Crippen molar-refractivity contribution in [1.82, 2.24) is 15.1 Å². The zero-order chi connectivity index (χ0) is 10.4. The minimum atomic E-state index is -0.551. The Morgan fingerprint density at radius 1 is 1.40 bits per heavy atom. The van der Waals surface area contributed by atoms with Crippen molar-refractivity contribution in [1.29, 1.82) is 0 Å². The highest BCUT2D eigenvalue weighted by molar-refractivity contribution is 5.93. The number of carbonyl (C=O) groups excluding carboxylic acids is 1. The fraction of sp³-hybridized carbons (Fsp3) is 0.600. The minimum absolute atomic E-state index is 0.125. The number of hydrogen-bond acceptors (Lipinski definition) is 2. The lowest BCUT2D eigenvalue weighted by atomic mass is 10.3. The van der Waals surface area contributed by atoms with Crippen LogP contribution in [0.25, 0.3) is 0 Å². The molecule has 0 aromatic carbocycles. The molecule has 0 atom stereocenters. The van der Waals surface area contributed by atoms with Crippen molar-refractivity contribution in [2.75, 3.05) is 0 Å². The van der Waals surface area contributed by atoms with Crippen LogP contribution in [0.1, 0.15) is 36.2 Å². The third kappa shape index (κ3) is 1.62. The number of carbonyl (C=O) groups is 1. The fourth-order valence-corrected chi connectivity index (χ4v) is 1.88. The van der Waals surface area contributed by atoms with E-state index < -0.39 is 5.95 Å². The third-order valence-corrected chi connectivity index (χ3v) is 2.88. The number of amides is 1. The van der Waals surface area contributed by atoms with Gasteiger partial charge < -0.3 is 4.90 Å². The molecule has 0 aliphatic heterocycles. The third-order valence-electron chi connectivity index (χ3n) is 2.88. The summed E-state index contributed by atoms with van der Waals surface area (Å²) in [5, 5.41) is 5.82. The van der Waals surface area contributed by atoms with E-state index in [0.29, 0.717) is 12.1 Å². The molecule has 0 radical (unpaired) electrons. The van der Waals surface area contributed by atoms with Gasteiger partial charge >= 0.3 is 0 Å². The van der Waals surface area contributed by atoms with Gasteiger partial charge in [0.15, 0.2) is 5.69 Å². The molecule has 80 valence electrons. The van der Waals surface area contributed by atoms with E-state index in [-0.39, 0.29) is 11.6 Å². The van der Waals surface area contributed by atoms with E-state index in [4.69, 9.17) is 0 Å². The van der Waals surface area contributed by atoms with Crippen molar-refractivity contribution in [2.24, 2.45) is 0 Å². The summed E-state index contributed by atoms with van der Waals surface area (Å²) in [6, 6.07) is 1.93. The Labute approximate surface area is 86.5 Å². The quantitative estimate of drug-likeness (QED) is 0.816. The van der Waals surface area contributed by atoms with Gasteiger partial charge in [-0.1, -0.05) is 0 Å². The number of aromatic nitrogens is 2. The first kappa shape index (κ1) is 8.88. The molecule has 1 aromatic heterocycles. The second kappa shape index (κ2) is 3.05. The van der Waals surface area contributed by atoms with E-state index in [1.165, 1.54) is 6.07 Å². The predicted octanol–water partition coefficient (Wildman–Crippen LogP) is 1.32. The van der Waals surface area contributed by atoms with E-state index in [9.17, 15) is 9.18 Å². The molecule has 0 unspecified atom stereocenters. The Morgan fingerprint density at radius 2 is 2.00 bits per heavy atom. The van der Waals surface area contributed by atoms with Crippen LogP contribution in [0, 0.1) is 5.95 Å². The lowest BCUT2D eigenvalue weighted by molar-refractivity contribution is 0.0723. The van der Waals surface area contributed by atoms with Gasteiger partial charge in [-0.05, 0) is 25.7 Å². The summed E-state index contributed by atoms with van der Waals surface area (Å²) < 4.78 is 12.7. The summed E-state index contributed by atoms with van der Waals surface area (Å²) in [6.45, 7) is 0. The van der Waals surface area contributed by atoms with Gasteiger partial charge in [0.1, 0.15) is 0 Å². The number of halogens is 1. The van der Waals surface area contributed by atoms with Gasteiger partial charge in [-0.3, -0.25) is 9.89 Å². The number of hydrogen-bond donors (Lipinski definition) is 1. The zero-order valence-corrected chi connectivity index (χ0v) is 8.24. The van der Waals surface area contributed by atoms with E-state index in [1.54, 1.807) is 0 Å². The van der Waals surface area contributed by atoms with Gasteiger partial charge in [-0.25, -0.2) is 0 Å². The minimum Gasteiger partial charge on any atom is -0.331 e. The zero-order valence-electron chi connectivity index (χ0n) is 8.24. The summed E-state index contributed by atoms with van der Waals surface area (Å²) in [7, 11) is 0. The Balaban J connectivity index is 1.81. The molecule has 1 N–H and O–H groups in total. The maximum atomic E-state index is 12.7. The van der Waals surface area contributed by atoms with Crippen molar-refractivity contribution in [3.8, 4) is 0 Å². The monoisotopic (exact) mass is 209 g/mol. The van der Waals surface area contributed by atoms with Crippen LogP contribution >= 0.6 is 0 Å². The first-order chi connectivity index (χ1) is 7.25. The second-order valence-corrected chi connectivity index (χ2v) is 4.28. The van der Waals surface area contributed by atoms with Gasteiger partial charge in [-0.15, -0.1) is 0 Å². The van der Waals surface area contributed by atoms with Crippen molar-refractivity contribution in [2.45, 2.75) is 37.8 Å². The van der Waals surface area contributed by atoms with E-state index in [0.717, 1.165) is 25.7 Å². The van der Waals surface area contributed by atoms with Crippen LogP contribution in [0.5, 0.6) is 0 Å². The van der Waals surface area contributed by atoms with Crippen LogP contribution in [0.3, 0.4) is 0 Å². The molecule has 1 amide bonds. The molecule has 2 saturated carbocycles. The van der Waals surface area contributed by atoms with Crippen LogP contribution in [0.2, 0.25) is 0 Å². The van der Waals surface area contributed by atoms with Crippen LogP contribution < -0.4 is 0 Å². The van der Waals surface area contributed by atoms with Crippen molar-refractivity contribution >= 4 is 5.91 Å². The number of nitrogens with one attached hydrogen (secondary N) is 1. The molecular weight excluding hydrogens is 197 g/mol. The van der Waals surface area contributed by atoms with Crippen LogP contribution in [-0.2, 0) is 0 Å². The summed E-state index contributed by atoms with van der Waals surface area (Å²) in [4.78, 5) is 13.9. The van der Waals surface area contributed by atoms with E-state index in [1.807, 2.05) is 4.90 Å². The highest BCUT2D eigenvalue weighted by Crippen LogP contribution is 2.38. The average Bonchev–Trinajstić information content (AvgIpc) is 3.10. The molecule has 4 nitrogen and oxygen atoms in total. The molecule has 0 spiro atoms.